The molecule has 1 amide bonds. The SMILES string of the molecule is O=C(NCC1(c2cccc(Cl)c2)CCC1)c1ccc2[nH]ncc2c1. The first-order valence-electron chi connectivity index (χ1n) is 8.14. The van der Waals surface area contributed by atoms with Gasteiger partial charge in [0.15, 0.2) is 0 Å². The number of hydrogen-bond acceptors (Lipinski definition) is 2. The van der Waals surface area contributed by atoms with Gasteiger partial charge in [-0.25, -0.2) is 0 Å². The molecule has 0 bridgehead atoms. The standard InChI is InChI=1S/C19H18ClN3O/c20-16-4-1-3-15(10-16)19(7-2-8-19)12-21-18(24)13-5-6-17-14(9-13)11-22-23-17/h1,3-6,9-11H,2,7-8,12H2,(H,21,24)(H,22,23). The minimum Gasteiger partial charge on any atom is -0.351 e. The smallest absolute Gasteiger partial charge is 0.251 e. The molecule has 0 atom stereocenters. The summed E-state index contributed by atoms with van der Waals surface area (Å²) in [5, 5.41) is 11.7. The predicted octanol–water partition coefficient (Wildman–Crippen LogP) is 4.07. The molecular formula is C19H18ClN3O. The summed E-state index contributed by atoms with van der Waals surface area (Å²) < 4.78 is 0. The van der Waals surface area contributed by atoms with Gasteiger partial charge in [-0.15, -0.1) is 0 Å². The quantitative estimate of drug-likeness (QED) is 0.752. The van der Waals surface area contributed by atoms with E-state index in [2.05, 4.69) is 21.6 Å². The van der Waals surface area contributed by atoms with E-state index in [1.807, 2.05) is 36.4 Å². The second-order valence-electron chi connectivity index (χ2n) is 6.50. The van der Waals surface area contributed by atoms with E-state index in [1.165, 1.54) is 12.0 Å². The van der Waals surface area contributed by atoms with Gasteiger partial charge in [-0.3, -0.25) is 9.89 Å². The minimum absolute atomic E-state index is 0.0142. The fourth-order valence-corrected chi connectivity index (χ4v) is 3.62. The summed E-state index contributed by atoms with van der Waals surface area (Å²) in [6.45, 7) is 0.635. The van der Waals surface area contributed by atoms with Gasteiger partial charge in [-0.2, -0.15) is 5.10 Å². The molecule has 4 rings (SSSR count). The summed E-state index contributed by atoms with van der Waals surface area (Å²) in [5.74, 6) is -0.0496. The number of nitrogens with one attached hydrogen (secondary N) is 2. The van der Waals surface area contributed by atoms with Crippen LogP contribution in [0.1, 0.15) is 35.2 Å². The van der Waals surface area contributed by atoms with Gasteiger partial charge in [0.05, 0.1) is 11.7 Å². The number of benzene rings is 2. The summed E-state index contributed by atoms with van der Waals surface area (Å²) in [6.07, 6.45) is 5.07. The molecule has 2 N–H and O–H groups in total. The summed E-state index contributed by atoms with van der Waals surface area (Å²) in [4.78, 5) is 12.5. The number of carbonyl (C=O) groups is 1. The molecule has 1 fully saturated rings. The van der Waals surface area contributed by atoms with E-state index >= 15 is 0 Å². The number of fused-ring (bicyclic) bond motifs is 1. The van der Waals surface area contributed by atoms with Gasteiger partial charge in [0, 0.05) is 27.9 Å². The van der Waals surface area contributed by atoms with Gasteiger partial charge < -0.3 is 5.32 Å². The molecular weight excluding hydrogens is 322 g/mol. The van der Waals surface area contributed by atoms with Gasteiger partial charge in [-0.1, -0.05) is 30.2 Å². The zero-order valence-electron chi connectivity index (χ0n) is 13.2. The Morgan fingerprint density at radius 2 is 2.12 bits per heavy atom. The van der Waals surface area contributed by atoms with E-state index in [0.717, 1.165) is 28.8 Å². The average molecular weight is 340 g/mol. The van der Waals surface area contributed by atoms with Crippen LogP contribution in [0.15, 0.2) is 48.7 Å². The highest BCUT2D eigenvalue weighted by molar-refractivity contribution is 6.30. The summed E-state index contributed by atoms with van der Waals surface area (Å²) in [5.41, 5.74) is 2.82. The third-order valence-corrected chi connectivity index (χ3v) is 5.27. The van der Waals surface area contributed by atoms with Crippen LogP contribution in [-0.2, 0) is 5.41 Å². The van der Waals surface area contributed by atoms with Crippen LogP contribution in [-0.4, -0.2) is 22.6 Å². The van der Waals surface area contributed by atoms with Crippen LogP contribution in [0.25, 0.3) is 10.9 Å². The molecule has 5 heteroatoms. The highest BCUT2D eigenvalue weighted by Crippen LogP contribution is 2.43. The molecule has 122 valence electrons. The number of aromatic nitrogens is 2. The number of hydrogen-bond donors (Lipinski definition) is 2. The van der Waals surface area contributed by atoms with Crippen molar-refractivity contribution >= 4 is 28.4 Å². The van der Waals surface area contributed by atoms with Crippen molar-refractivity contribution in [2.24, 2.45) is 0 Å². The van der Waals surface area contributed by atoms with Crippen molar-refractivity contribution in [3.8, 4) is 0 Å². The topological polar surface area (TPSA) is 57.8 Å². The minimum atomic E-state index is -0.0496. The molecule has 24 heavy (non-hydrogen) atoms. The molecule has 1 aromatic heterocycles. The lowest BCUT2D eigenvalue weighted by molar-refractivity contribution is 0.0928. The van der Waals surface area contributed by atoms with Crippen molar-refractivity contribution in [3.05, 3.63) is 64.8 Å². The molecule has 4 nitrogen and oxygen atoms in total. The summed E-state index contributed by atoms with van der Waals surface area (Å²) in [6, 6.07) is 13.6. The molecule has 3 aromatic rings. The number of nitrogens with zero attached hydrogens (tertiary/aromatic N) is 1. The number of rotatable bonds is 4. The molecule has 0 unspecified atom stereocenters. The molecule has 1 saturated carbocycles. The van der Waals surface area contributed by atoms with E-state index in [0.29, 0.717) is 12.1 Å². The Bertz CT molecular complexity index is 898. The maximum absolute atomic E-state index is 12.5. The van der Waals surface area contributed by atoms with E-state index in [1.54, 1.807) is 6.20 Å². The maximum Gasteiger partial charge on any atom is 0.251 e. The van der Waals surface area contributed by atoms with Gasteiger partial charge in [-0.05, 0) is 48.7 Å². The van der Waals surface area contributed by atoms with E-state index < -0.39 is 0 Å². The van der Waals surface area contributed by atoms with E-state index in [-0.39, 0.29) is 11.3 Å². The molecule has 0 saturated heterocycles. The summed E-state index contributed by atoms with van der Waals surface area (Å²) >= 11 is 6.14. The number of amides is 1. The molecule has 0 aliphatic heterocycles. The Labute approximate surface area is 145 Å². The van der Waals surface area contributed by atoms with Crippen molar-refractivity contribution in [3.63, 3.8) is 0 Å². The third-order valence-electron chi connectivity index (χ3n) is 5.04. The molecule has 1 aliphatic rings. The van der Waals surface area contributed by atoms with Gasteiger partial charge >= 0.3 is 0 Å². The second kappa shape index (κ2) is 5.95. The zero-order chi connectivity index (χ0) is 16.6. The van der Waals surface area contributed by atoms with Crippen molar-refractivity contribution in [1.29, 1.82) is 0 Å². The largest absolute Gasteiger partial charge is 0.351 e. The number of aromatic amines is 1. The van der Waals surface area contributed by atoms with Crippen molar-refractivity contribution in [2.45, 2.75) is 24.7 Å². The Hall–Kier alpha value is -2.33. The lowest BCUT2D eigenvalue weighted by Gasteiger charge is -2.42. The Balaban J connectivity index is 1.51. The van der Waals surface area contributed by atoms with Crippen LogP contribution < -0.4 is 5.32 Å². The zero-order valence-corrected chi connectivity index (χ0v) is 13.9. The van der Waals surface area contributed by atoms with Gasteiger partial charge in [0.25, 0.3) is 5.91 Å². The fourth-order valence-electron chi connectivity index (χ4n) is 3.42. The lowest BCUT2D eigenvalue weighted by Crippen LogP contribution is -2.45. The molecule has 1 heterocycles. The van der Waals surface area contributed by atoms with Gasteiger partial charge in [0.1, 0.15) is 0 Å². The van der Waals surface area contributed by atoms with Crippen LogP contribution in [0.2, 0.25) is 5.02 Å². The van der Waals surface area contributed by atoms with Crippen LogP contribution in [0.3, 0.4) is 0 Å². The first-order chi connectivity index (χ1) is 11.7. The fraction of sp³-hybridized carbons (Fsp3) is 0.263. The normalized spacial score (nSPS) is 15.9. The highest BCUT2D eigenvalue weighted by Gasteiger charge is 2.39. The first-order valence-corrected chi connectivity index (χ1v) is 8.52. The van der Waals surface area contributed by atoms with Crippen molar-refractivity contribution in [1.82, 2.24) is 15.5 Å². The van der Waals surface area contributed by atoms with Gasteiger partial charge in [0.2, 0.25) is 0 Å². The Morgan fingerprint density at radius 1 is 1.25 bits per heavy atom. The van der Waals surface area contributed by atoms with Crippen LogP contribution in [0.4, 0.5) is 0 Å². The lowest BCUT2D eigenvalue weighted by atomic mass is 9.64. The summed E-state index contributed by atoms with van der Waals surface area (Å²) in [7, 11) is 0. The monoisotopic (exact) mass is 339 g/mol. The van der Waals surface area contributed by atoms with Crippen molar-refractivity contribution < 1.29 is 4.79 Å². The predicted molar refractivity (Wildman–Crippen MR) is 95.4 cm³/mol. The first kappa shape index (κ1) is 15.2. The number of halogens is 1. The molecule has 0 spiro atoms. The van der Waals surface area contributed by atoms with Crippen molar-refractivity contribution in [2.75, 3.05) is 6.54 Å². The van der Waals surface area contributed by atoms with E-state index in [4.69, 9.17) is 11.6 Å². The maximum atomic E-state index is 12.5. The number of carbonyl (C=O) groups excluding carboxylic acids is 1. The Morgan fingerprint density at radius 3 is 2.88 bits per heavy atom. The Kier molecular flexibility index (Phi) is 3.77. The third kappa shape index (κ3) is 2.67. The highest BCUT2D eigenvalue weighted by atomic mass is 35.5. The second-order valence-corrected chi connectivity index (χ2v) is 6.94. The van der Waals surface area contributed by atoms with E-state index in [9.17, 15) is 4.79 Å². The average Bonchev–Trinajstić information content (AvgIpc) is 3.01. The van der Waals surface area contributed by atoms with Crippen LogP contribution in [0.5, 0.6) is 0 Å². The van der Waals surface area contributed by atoms with Crippen LogP contribution >= 0.6 is 11.6 Å². The molecule has 1 aliphatic carbocycles. The molecule has 2 aromatic carbocycles. The number of H-pyrrole nitrogens is 1. The molecule has 0 radical (unpaired) electrons. The van der Waals surface area contributed by atoms with Crippen LogP contribution in [0, 0.1) is 0 Å².